The maximum absolute atomic E-state index is 9.70. The fourth-order valence-electron chi connectivity index (χ4n) is 1.20. The molecule has 0 amide bonds. The third-order valence-electron chi connectivity index (χ3n) is 1.98. The fourth-order valence-corrected chi connectivity index (χ4v) is 1.67. The van der Waals surface area contributed by atoms with Gasteiger partial charge in [0.15, 0.2) is 0 Å². The van der Waals surface area contributed by atoms with E-state index < -0.39 is 12.2 Å². The molecule has 1 aromatic rings. The molecule has 0 aliphatic rings. The van der Waals surface area contributed by atoms with Crippen molar-refractivity contribution in [1.29, 1.82) is 0 Å². The van der Waals surface area contributed by atoms with E-state index in [0.717, 1.165) is 0 Å². The number of thiol groups is 1. The van der Waals surface area contributed by atoms with Gasteiger partial charge in [0.2, 0.25) is 0 Å². The molecule has 1 rings (SSSR count). The van der Waals surface area contributed by atoms with Crippen LogP contribution in [0.5, 0.6) is 0 Å². The van der Waals surface area contributed by atoms with Crippen LogP contribution in [-0.2, 0) is 0 Å². The molecule has 0 saturated carbocycles. The number of hydrogen-bond acceptors (Lipinski definition) is 3. The number of aliphatic hydroxyl groups is 2. The van der Waals surface area contributed by atoms with E-state index >= 15 is 0 Å². The van der Waals surface area contributed by atoms with Crippen molar-refractivity contribution in [3.05, 3.63) is 34.9 Å². The summed E-state index contributed by atoms with van der Waals surface area (Å²) in [6.07, 6.45) is -1.22. The smallest absolute Gasteiger partial charge is 0.105 e. The molecule has 0 aliphatic carbocycles. The lowest BCUT2D eigenvalue weighted by atomic mass is 10.0. The number of hydrogen-bond donors (Lipinski definition) is 3. The first-order chi connectivity index (χ1) is 6.65. The highest BCUT2D eigenvalue weighted by Gasteiger charge is 2.17. The maximum atomic E-state index is 9.70. The monoisotopic (exact) mass is 232 g/mol. The first-order valence-electron chi connectivity index (χ1n) is 4.37. The van der Waals surface area contributed by atoms with Crippen molar-refractivity contribution >= 4 is 24.2 Å². The Bertz CT molecular complexity index is 293. The molecule has 0 aliphatic heterocycles. The molecular formula is C10H13ClO2S. The van der Waals surface area contributed by atoms with Gasteiger partial charge in [-0.25, -0.2) is 0 Å². The molecule has 4 heteroatoms. The maximum Gasteiger partial charge on any atom is 0.105 e. The Morgan fingerprint density at radius 2 is 2.07 bits per heavy atom. The van der Waals surface area contributed by atoms with E-state index in [4.69, 9.17) is 11.6 Å². The molecule has 2 unspecified atom stereocenters. The normalized spacial score (nSPS) is 15.1. The second kappa shape index (κ2) is 5.61. The molecule has 0 bridgehead atoms. The SMILES string of the molecule is OC(CCS)C(O)c1cccc(Cl)c1. The molecule has 0 spiro atoms. The van der Waals surface area contributed by atoms with Crippen LogP contribution < -0.4 is 0 Å². The Morgan fingerprint density at radius 3 is 2.64 bits per heavy atom. The van der Waals surface area contributed by atoms with Crippen LogP contribution >= 0.6 is 24.2 Å². The molecular weight excluding hydrogens is 220 g/mol. The summed E-state index contributed by atoms with van der Waals surface area (Å²) in [6.45, 7) is 0. The standard InChI is InChI=1S/C10H13ClO2S/c11-8-3-1-2-7(6-8)10(13)9(12)4-5-14/h1-3,6,9-10,12-14H,4-5H2. The molecule has 0 saturated heterocycles. The second-order valence-corrected chi connectivity index (χ2v) is 3.96. The summed E-state index contributed by atoms with van der Waals surface area (Å²) in [5, 5.41) is 19.8. The van der Waals surface area contributed by atoms with Gasteiger partial charge in [0.1, 0.15) is 6.10 Å². The van der Waals surface area contributed by atoms with Crippen molar-refractivity contribution in [2.75, 3.05) is 5.75 Å². The predicted octanol–water partition coefficient (Wildman–Crippen LogP) is 2.05. The van der Waals surface area contributed by atoms with Gasteiger partial charge in [0.25, 0.3) is 0 Å². The van der Waals surface area contributed by atoms with Crippen LogP contribution in [0.2, 0.25) is 5.02 Å². The molecule has 0 heterocycles. The average Bonchev–Trinajstić information content (AvgIpc) is 2.17. The molecule has 1 aromatic carbocycles. The molecule has 0 radical (unpaired) electrons. The Hall–Kier alpha value is -0.220. The lowest BCUT2D eigenvalue weighted by molar-refractivity contribution is 0.0172. The van der Waals surface area contributed by atoms with E-state index in [2.05, 4.69) is 12.6 Å². The first kappa shape index (κ1) is 11.9. The van der Waals surface area contributed by atoms with Crippen LogP contribution in [0.4, 0.5) is 0 Å². The third-order valence-corrected chi connectivity index (χ3v) is 2.47. The summed E-state index contributed by atoms with van der Waals surface area (Å²) in [7, 11) is 0. The second-order valence-electron chi connectivity index (χ2n) is 3.08. The number of rotatable bonds is 4. The summed E-state index contributed by atoms with van der Waals surface area (Å²) >= 11 is 9.75. The van der Waals surface area contributed by atoms with Crippen molar-refractivity contribution in [2.24, 2.45) is 0 Å². The van der Waals surface area contributed by atoms with E-state index in [1.54, 1.807) is 24.3 Å². The van der Waals surface area contributed by atoms with Gasteiger partial charge in [-0.15, -0.1) is 0 Å². The van der Waals surface area contributed by atoms with Crippen LogP contribution in [0.25, 0.3) is 0 Å². The molecule has 0 fully saturated rings. The summed E-state index contributed by atoms with van der Waals surface area (Å²) in [5.74, 6) is 0.540. The van der Waals surface area contributed by atoms with Crippen molar-refractivity contribution in [2.45, 2.75) is 18.6 Å². The van der Waals surface area contributed by atoms with Crippen molar-refractivity contribution in [3.8, 4) is 0 Å². The zero-order chi connectivity index (χ0) is 10.6. The lowest BCUT2D eigenvalue weighted by Gasteiger charge is -2.17. The zero-order valence-electron chi connectivity index (χ0n) is 7.60. The molecule has 14 heavy (non-hydrogen) atoms. The summed E-state index contributed by atoms with van der Waals surface area (Å²) < 4.78 is 0. The van der Waals surface area contributed by atoms with Crippen molar-refractivity contribution in [3.63, 3.8) is 0 Å². The summed E-state index contributed by atoms with van der Waals surface area (Å²) in [6, 6.07) is 6.85. The molecule has 2 nitrogen and oxygen atoms in total. The van der Waals surface area contributed by atoms with Crippen LogP contribution in [0.15, 0.2) is 24.3 Å². The van der Waals surface area contributed by atoms with Crippen molar-refractivity contribution in [1.82, 2.24) is 0 Å². The van der Waals surface area contributed by atoms with Gasteiger partial charge < -0.3 is 10.2 Å². The van der Waals surface area contributed by atoms with Crippen LogP contribution in [0.1, 0.15) is 18.1 Å². The highest BCUT2D eigenvalue weighted by atomic mass is 35.5. The summed E-state index contributed by atoms with van der Waals surface area (Å²) in [4.78, 5) is 0. The number of benzene rings is 1. The highest BCUT2D eigenvalue weighted by Crippen LogP contribution is 2.21. The number of aliphatic hydroxyl groups excluding tert-OH is 2. The van der Waals surface area contributed by atoms with E-state index in [1.807, 2.05) is 0 Å². The highest BCUT2D eigenvalue weighted by molar-refractivity contribution is 7.80. The molecule has 0 aromatic heterocycles. The Balaban J connectivity index is 2.73. The summed E-state index contributed by atoms with van der Waals surface area (Å²) in [5.41, 5.74) is 0.631. The van der Waals surface area contributed by atoms with Gasteiger partial charge in [-0.1, -0.05) is 23.7 Å². The Kier molecular flexibility index (Phi) is 4.75. The van der Waals surface area contributed by atoms with Gasteiger partial charge in [0, 0.05) is 5.02 Å². The number of halogens is 1. The van der Waals surface area contributed by atoms with Gasteiger partial charge >= 0.3 is 0 Å². The molecule has 2 atom stereocenters. The molecule has 2 N–H and O–H groups in total. The van der Waals surface area contributed by atoms with Gasteiger partial charge in [-0.05, 0) is 29.9 Å². The van der Waals surface area contributed by atoms with Gasteiger partial charge in [-0.2, -0.15) is 12.6 Å². The van der Waals surface area contributed by atoms with Crippen LogP contribution in [-0.4, -0.2) is 22.1 Å². The minimum atomic E-state index is -0.888. The Morgan fingerprint density at radius 1 is 1.36 bits per heavy atom. The van der Waals surface area contributed by atoms with Gasteiger partial charge in [-0.3, -0.25) is 0 Å². The lowest BCUT2D eigenvalue weighted by Crippen LogP contribution is -2.18. The fraction of sp³-hybridized carbons (Fsp3) is 0.400. The molecule has 78 valence electrons. The van der Waals surface area contributed by atoms with Gasteiger partial charge in [0.05, 0.1) is 6.10 Å². The minimum Gasteiger partial charge on any atom is -0.390 e. The van der Waals surface area contributed by atoms with E-state index in [-0.39, 0.29) is 0 Å². The van der Waals surface area contributed by atoms with Crippen molar-refractivity contribution < 1.29 is 10.2 Å². The predicted molar refractivity (Wildman–Crippen MR) is 60.9 cm³/mol. The van der Waals surface area contributed by atoms with E-state index in [9.17, 15) is 10.2 Å². The average molecular weight is 233 g/mol. The van der Waals surface area contributed by atoms with Crippen LogP contribution in [0, 0.1) is 0 Å². The minimum absolute atomic E-state index is 0.455. The third kappa shape index (κ3) is 3.17. The first-order valence-corrected chi connectivity index (χ1v) is 5.38. The Labute approximate surface area is 93.9 Å². The van der Waals surface area contributed by atoms with E-state index in [1.165, 1.54) is 0 Å². The van der Waals surface area contributed by atoms with E-state index in [0.29, 0.717) is 22.8 Å². The quantitative estimate of drug-likeness (QED) is 0.696. The largest absolute Gasteiger partial charge is 0.390 e. The van der Waals surface area contributed by atoms with Crippen LogP contribution in [0.3, 0.4) is 0 Å². The topological polar surface area (TPSA) is 40.5 Å². The zero-order valence-corrected chi connectivity index (χ0v) is 9.25.